The van der Waals surface area contributed by atoms with E-state index in [1.807, 2.05) is 39.8 Å². The maximum absolute atomic E-state index is 16.3. The Morgan fingerprint density at radius 3 is 2.58 bits per heavy atom. The van der Waals surface area contributed by atoms with Crippen molar-refractivity contribution in [2.24, 2.45) is 0 Å². The van der Waals surface area contributed by atoms with Crippen LogP contribution in [0.4, 0.5) is 8.78 Å². The van der Waals surface area contributed by atoms with Crippen LogP contribution in [-0.4, -0.2) is 52.7 Å². The molecule has 232 valence electrons. The van der Waals surface area contributed by atoms with Crippen LogP contribution in [0.3, 0.4) is 0 Å². The Bertz CT molecular complexity index is 2150. The van der Waals surface area contributed by atoms with Gasteiger partial charge in [-0.2, -0.15) is 5.10 Å². The molecule has 6 rings (SSSR count). The molecule has 1 fully saturated rings. The average molecular weight is 614 g/mol. The first-order valence-corrected chi connectivity index (χ1v) is 14.8. The maximum atomic E-state index is 16.3. The highest BCUT2D eigenvalue weighted by Gasteiger charge is 2.34. The van der Waals surface area contributed by atoms with E-state index in [0.717, 1.165) is 5.56 Å². The molecular formula is C33H33F2N7O3. The topological polar surface area (TPSA) is 119 Å². The van der Waals surface area contributed by atoms with Gasteiger partial charge in [0.25, 0.3) is 5.91 Å². The Labute approximate surface area is 257 Å². The average Bonchev–Trinajstić information content (AvgIpc) is 3.47. The Morgan fingerprint density at radius 2 is 1.89 bits per heavy atom. The van der Waals surface area contributed by atoms with Gasteiger partial charge in [-0.15, -0.1) is 0 Å². The first kappa shape index (κ1) is 30.0. The van der Waals surface area contributed by atoms with Crippen LogP contribution in [-0.2, 0) is 4.79 Å². The molecule has 45 heavy (non-hydrogen) atoms. The normalized spacial score (nSPS) is 17.0. The van der Waals surface area contributed by atoms with Crippen molar-refractivity contribution in [2.75, 3.05) is 6.54 Å². The SMILES string of the molecule is C=C(F)C(=O)N1CCC(n2c(=O)c(=O)n(-c3c(C)ccnc3C(C)C)c3nc(-c4c(C)ccc5[nH]ncc45)c(F)cc32)C[C@@H]1C. The fraction of sp³-hybridized carbons (Fsp3) is 0.333. The molecule has 0 radical (unpaired) electrons. The minimum absolute atomic E-state index is 0.00762. The number of carbonyl (C=O) groups excluding carboxylic acids is 1. The number of amides is 1. The van der Waals surface area contributed by atoms with Crippen molar-refractivity contribution in [1.82, 2.24) is 34.2 Å². The van der Waals surface area contributed by atoms with E-state index in [0.29, 0.717) is 33.4 Å². The van der Waals surface area contributed by atoms with Crippen LogP contribution in [0.25, 0.3) is 39.0 Å². The van der Waals surface area contributed by atoms with Gasteiger partial charge < -0.3 is 4.90 Å². The van der Waals surface area contributed by atoms with Crippen molar-refractivity contribution >= 4 is 28.0 Å². The number of aromatic amines is 1. The Hall–Kier alpha value is -5.00. The number of fused-ring (bicyclic) bond motifs is 2. The molecule has 0 spiro atoms. The molecule has 4 aromatic heterocycles. The van der Waals surface area contributed by atoms with Gasteiger partial charge in [-0.3, -0.25) is 33.6 Å². The molecule has 1 aliphatic rings. The van der Waals surface area contributed by atoms with Crippen LogP contribution < -0.4 is 11.1 Å². The molecular weight excluding hydrogens is 580 g/mol. The second-order valence-corrected chi connectivity index (χ2v) is 12.0. The lowest BCUT2D eigenvalue weighted by Crippen LogP contribution is -2.49. The van der Waals surface area contributed by atoms with Crippen LogP contribution in [0.2, 0.25) is 0 Å². The minimum Gasteiger partial charge on any atom is -0.334 e. The van der Waals surface area contributed by atoms with Crippen molar-refractivity contribution in [3.05, 3.63) is 92.4 Å². The number of aryl methyl sites for hydroxylation is 2. The summed E-state index contributed by atoms with van der Waals surface area (Å²) in [5.74, 6) is -2.68. The number of piperidine rings is 1. The number of benzene rings is 1. The van der Waals surface area contributed by atoms with E-state index in [1.165, 1.54) is 20.1 Å². The predicted octanol–water partition coefficient (Wildman–Crippen LogP) is 5.40. The maximum Gasteiger partial charge on any atom is 0.322 e. The quantitative estimate of drug-likeness (QED) is 0.210. The summed E-state index contributed by atoms with van der Waals surface area (Å²) in [6.07, 6.45) is 3.72. The molecule has 1 aromatic carbocycles. The summed E-state index contributed by atoms with van der Waals surface area (Å²) in [4.78, 5) is 51.4. The van der Waals surface area contributed by atoms with Crippen LogP contribution >= 0.6 is 0 Å². The zero-order valence-electron chi connectivity index (χ0n) is 25.7. The van der Waals surface area contributed by atoms with Gasteiger partial charge in [0.05, 0.1) is 28.6 Å². The van der Waals surface area contributed by atoms with Gasteiger partial charge in [0.2, 0.25) is 0 Å². The van der Waals surface area contributed by atoms with E-state index < -0.39 is 40.8 Å². The second kappa shape index (κ2) is 11.2. The van der Waals surface area contributed by atoms with Crippen LogP contribution in [0.15, 0.2) is 58.7 Å². The first-order valence-electron chi connectivity index (χ1n) is 14.8. The van der Waals surface area contributed by atoms with Crippen molar-refractivity contribution in [3.63, 3.8) is 0 Å². The molecule has 1 saturated heterocycles. The lowest BCUT2D eigenvalue weighted by atomic mass is 9.97. The van der Waals surface area contributed by atoms with E-state index in [-0.39, 0.29) is 42.2 Å². The summed E-state index contributed by atoms with van der Waals surface area (Å²) in [6, 6.07) is 5.62. The van der Waals surface area contributed by atoms with Crippen LogP contribution in [0, 0.1) is 19.7 Å². The highest BCUT2D eigenvalue weighted by atomic mass is 19.1. The smallest absolute Gasteiger partial charge is 0.322 e. The largest absolute Gasteiger partial charge is 0.334 e. The van der Waals surface area contributed by atoms with Crippen molar-refractivity contribution in [3.8, 4) is 16.9 Å². The van der Waals surface area contributed by atoms with Gasteiger partial charge >= 0.3 is 11.1 Å². The van der Waals surface area contributed by atoms with E-state index >= 15 is 4.39 Å². The Morgan fingerprint density at radius 1 is 1.13 bits per heavy atom. The van der Waals surface area contributed by atoms with Gasteiger partial charge in [0.1, 0.15) is 5.69 Å². The summed E-state index contributed by atoms with van der Waals surface area (Å²) in [6.45, 7) is 12.5. The van der Waals surface area contributed by atoms with E-state index in [2.05, 4.69) is 21.8 Å². The summed E-state index contributed by atoms with van der Waals surface area (Å²) < 4.78 is 32.6. The molecule has 0 saturated carbocycles. The predicted molar refractivity (Wildman–Crippen MR) is 168 cm³/mol. The molecule has 12 heteroatoms. The number of nitrogens with zero attached hydrogens (tertiary/aromatic N) is 6. The summed E-state index contributed by atoms with van der Waals surface area (Å²) in [5.41, 5.74) is 2.18. The van der Waals surface area contributed by atoms with Crippen LogP contribution in [0.5, 0.6) is 0 Å². The number of carbonyl (C=O) groups is 1. The fourth-order valence-corrected chi connectivity index (χ4v) is 6.53. The number of H-pyrrole nitrogens is 1. The Kier molecular flexibility index (Phi) is 7.46. The number of nitrogens with one attached hydrogen (secondary N) is 1. The molecule has 1 amide bonds. The molecule has 0 bridgehead atoms. The summed E-state index contributed by atoms with van der Waals surface area (Å²) in [7, 11) is 0. The lowest BCUT2D eigenvalue weighted by Gasteiger charge is -2.38. The summed E-state index contributed by atoms with van der Waals surface area (Å²) in [5, 5.41) is 7.68. The van der Waals surface area contributed by atoms with Crippen molar-refractivity contribution < 1.29 is 13.6 Å². The molecule has 1 unspecified atom stereocenters. The fourth-order valence-electron chi connectivity index (χ4n) is 6.53. The zero-order valence-corrected chi connectivity index (χ0v) is 25.7. The number of aromatic nitrogens is 6. The third-order valence-corrected chi connectivity index (χ3v) is 8.71. The number of hydrogen-bond donors (Lipinski definition) is 1. The molecule has 1 aliphatic heterocycles. The van der Waals surface area contributed by atoms with Crippen molar-refractivity contribution in [2.45, 2.75) is 65.5 Å². The van der Waals surface area contributed by atoms with Gasteiger partial charge in [0.15, 0.2) is 17.3 Å². The van der Waals surface area contributed by atoms with E-state index in [1.54, 1.807) is 25.4 Å². The van der Waals surface area contributed by atoms with E-state index in [9.17, 15) is 18.8 Å². The highest BCUT2D eigenvalue weighted by molar-refractivity contribution is 5.96. The molecule has 1 N–H and O–H groups in total. The number of pyridine rings is 2. The van der Waals surface area contributed by atoms with E-state index in [4.69, 9.17) is 4.98 Å². The molecule has 5 aromatic rings. The van der Waals surface area contributed by atoms with Gasteiger partial charge in [-0.05, 0) is 62.8 Å². The molecule has 2 atom stereocenters. The van der Waals surface area contributed by atoms with Gasteiger partial charge in [-0.25, -0.2) is 13.8 Å². The van der Waals surface area contributed by atoms with Gasteiger partial charge in [0, 0.05) is 41.8 Å². The molecule has 10 nitrogen and oxygen atoms in total. The Balaban J connectivity index is 1.68. The molecule has 5 heterocycles. The number of rotatable bonds is 5. The summed E-state index contributed by atoms with van der Waals surface area (Å²) >= 11 is 0. The minimum atomic E-state index is -1.07. The third kappa shape index (κ3) is 4.84. The first-order chi connectivity index (χ1) is 21.4. The number of hydrogen-bond acceptors (Lipinski definition) is 6. The second-order valence-electron chi connectivity index (χ2n) is 12.0. The lowest BCUT2D eigenvalue weighted by molar-refractivity contribution is -0.132. The van der Waals surface area contributed by atoms with Crippen LogP contribution in [0.1, 0.15) is 62.4 Å². The number of halogens is 2. The number of likely N-dealkylation sites (tertiary alicyclic amines) is 1. The van der Waals surface area contributed by atoms with Gasteiger partial charge in [-0.1, -0.05) is 26.5 Å². The third-order valence-electron chi connectivity index (χ3n) is 8.71. The standard InChI is InChI=1S/C33H33F2N7O3/c1-16(2)27-29(18(4)9-11-36-27)42-30-25(14-23(35)28(38-30)26-17(3)7-8-24-22(26)15-37-39-24)41(32(44)33(42)45)21-10-12-40(19(5)13-21)31(43)20(6)34/h7-9,11,14-16,19,21H,6,10,12-13H2,1-5H3,(H,37,39)/t19-,21?/m0/s1. The monoisotopic (exact) mass is 613 g/mol. The zero-order chi connectivity index (χ0) is 32.3. The molecule has 0 aliphatic carbocycles. The van der Waals surface area contributed by atoms with Crippen molar-refractivity contribution in [1.29, 1.82) is 0 Å². The highest BCUT2D eigenvalue weighted by Crippen LogP contribution is 2.35.